The molecule has 0 aliphatic heterocycles. The molecule has 1 atom stereocenters. The molecule has 0 saturated carbocycles. The van der Waals surface area contributed by atoms with Crippen molar-refractivity contribution in [1.82, 2.24) is 0 Å². The van der Waals surface area contributed by atoms with E-state index < -0.39 is 39.9 Å². The highest BCUT2D eigenvalue weighted by atomic mass is 19.2. The van der Waals surface area contributed by atoms with Crippen LogP contribution in [0.2, 0.25) is 0 Å². The van der Waals surface area contributed by atoms with Crippen molar-refractivity contribution in [3.63, 3.8) is 0 Å². The van der Waals surface area contributed by atoms with E-state index in [9.17, 15) is 28.1 Å². The zero-order valence-corrected chi connectivity index (χ0v) is 7.49. The van der Waals surface area contributed by atoms with Crippen LogP contribution in [-0.4, -0.2) is 16.0 Å². The van der Waals surface area contributed by atoms with Crippen LogP contribution in [0.3, 0.4) is 0 Å². The van der Waals surface area contributed by atoms with Crippen molar-refractivity contribution in [2.45, 2.75) is 6.04 Å². The monoisotopic (exact) mass is 235 g/mol. The second-order valence-corrected chi connectivity index (χ2v) is 2.79. The smallest absolute Gasteiger partial charge is 0.384 e. The molecule has 8 heteroatoms. The van der Waals surface area contributed by atoms with Crippen molar-refractivity contribution in [3.05, 3.63) is 45.3 Å². The lowest BCUT2D eigenvalue weighted by Gasteiger charge is -2.06. The van der Waals surface area contributed by atoms with E-state index >= 15 is 0 Å². The van der Waals surface area contributed by atoms with Crippen LogP contribution in [0.4, 0.5) is 13.2 Å². The van der Waals surface area contributed by atoms with E-state index in [1.165, 1.54) is 0 Å². The van der Waals surface area contributed by atoms with Crippen molar-refractivity contribution in [2.24, 2.45) is 0 Å². The Hall–Kier alpha value is -2.12. The number of halogens is 3. The van der Waals surface area contributed by atoms with Gasteiger partial charge in [0.15, 0.2) is 17.5 Å². The lowest BCUT2D eigenvalue weighted by Crippen LogP contribution is -2.22. The minimum absolute atomic E-state index is 0.424. The summed E-state index contributed by atoms with van der Waals surface area (Å²) in [5.74, 6) is -7.32. The van der Waals surface area contributed by atoms with E-state index in [0.717, 1.165) is 0 Å². The molecule has 0 aromatic heterocycles. The average molecular weight is 235 g/mol. The highest BCUT2D eigenvalue weighted by Gasteiger charge is 2.35. The van der Waals surface area contributed by atoms with E-state index in [0.29, 0.717) is 12.1 Å². The van der Waals surface area contributed by atoms with Crippen molar-refractivity contribution in [3.8, 4) is 0 Å². The second-order valence-electron chi connectivity index (χ2n) is 2.79. The number of nitrogens with zero attached hydrogens (tertiary/aromatic N) is 1. The molecule has 0 aliphatic carbocycles. The number of hydrogen-bond donors (Lipinski definition) is 1. The van der Waals surface area contributed by atoms with Gasteiger partial charge >= 0.3 is 12.0 Å². The highest BCUT2D eigenvalue weighted by Crippen LogP contribution is 2.23. The van der Waals surface area contributed by atoms with Crippen LogP contribution < -0.4 is 0 Å². The summed E-state index contributed by atoms with van der Waals surface area (Å²) >= 11 is 0. The zero-order chi connectivity index (χ0) is 12.5. The minimum atomic E-state index is -2.46. The van der Waals surface area contributed by atoms with E-state index in [4.69, 9.17) is 5.11 Å². The first-order valence-corrected chi connectivity index (χ1v) is 3.86. The van der Waals surface area contributed by atoms with Crippen LogP contribution in [0.15, 0.2) is 12.1 Å². The number of carboxylic acid groups (broad SMARTS) is 1. The van der Waals surface area contributed by atoms with Crippen LogP contribution in [0.1, 0.15) is 11.6 Å². The molecule has 1 rings (SSSR count). The molecule has 0 fully saturated rings. The van der Waals surface area contributed by atoms with Gasteiger partial charge in [-0.25, -0.2) is 18.0 Å². The average Bonchev–Trinajstić information content (AvgIpc) is 2.17. The molecule has 0 radical (unpaired) electrons. The van der Waals surface area contributed by atoms with Gasteiger partial charge in [0, 0.05) is 4.92 Å². The third kappa shape index (κ3) is 1.95. The molecule has 0 saturated heterocycles. The van der Waals surface area contributed by atoms with Crippen molar-refractivity contribution in [2.75, 3.05) is 0 Å². The number of benzene rings is 1. The zero-order valence-electron chi connectivity index (χ0n) is 7.49. The van der Waals surface area contributed by atoms with Gasteiger partial charge in [-0.15, -0.1) is 0 Å². The molecule has 0 heterocycles. The Bertz CT molecular complexity index is 449. The first-order chi connectivity index (χ1) is 7.36. The van der Waals surface area contributed by atoms with Gasteiger partial charge in [-0.1, -0.05) is 0 Å². The summed E-state index contributed by atoms with van der Waals surface area (Å²) in [6, 6.07) is -1.52. The van der Waals surface area contributed by atoms with Crippen LogP contribution in [0, 0.1) is 27.6 Å². The third-order valence-electron chi connectivity index (χ3n) is 1.80. The fourth-order valence-electron chi connectivity index (χ4n) is 1.09. The van der Waals surface area contributed by atoms with E-state index in [1.54, 1.807) is 0 Å². The molecular weight excluding hydrogens is 231 g/mol. The molecule has 0 bridgehead atoms. The number of carboxylic acids is 1. The van der Waals surface area contributed by atoms with Gasteiger partial charge in [0.05, 0.1) is 5.56 Å². The standard InChI is InChI=1S/C8H4F3NO4/c9-4-2-1-3(5(10)6(4)11)7(8(13)14)12(15)16/h1-2,7H,(H,13,14). The summed E-state index contributed by atoms with van der Waals surface area (Å²) in [5.41, 5.74) is -1.03. The Morgan fingerprint density at radius 3 is 2.31 bits per heavy atom. The molecule has 0 aliphatic rings. The largest absolute Gasteiger partial charge is 0.476 e. The maximum absolute atomic E-state index is 13.1. The second kappa shape index (κ2) is 4.17. The van der Waals surface area contributed by atoms with E-state index in [1.807, 2.05) is 0 Å². The molecule has 1 N–H and O–H groups in total. The number of rotatable bonds is 3. The molecule has 16 heavy (non-hydrogen) atoms. The van der Waals surface area contributed by atoms with Crippen molar-refractivity contribution < 1.29 is 28.0 Å². The topological polar surface area (TPSA) is 80.4 Å². The lowest BCUT2D eigenvalue weighted by atomic mass is 10.1. The molecule has 0 spiro atoms. The third-order valence-corrected chi connectivity index (χ3v) is 1.80. The highest BCUT2D eigenvalue weighted by molar-refractivity contribution is 5.74. The Labute approximate surface area is 86.3 Å². The fraction of sp³-hybridized carbons (Fsp3) is 0.125. The maximum atomic E-state index is 13.1. The molecule has 0 amide bonds. The molecule has 5 nitrogen and oxygen atoms in total. The quantitative estimate of drug-likeness (QED) is 0.489. The summed E-state index contributed by atoms with van der Waals surface area (Å²) in [6.45, 7) is 0. The Kier molecular flexibility index (Phi) is 3.11. The predicted octanol–water partition coefficient (Wildman–Crippen LogP) is 1.51. The minimum Gasteiger partial charge on any atom is -0.476 e. The molecule has 1 aromatic rings. The molecule has 1 unspecified atom stereocenters. The van der Waals surface area contributed by atoms with Crippen LogP contribution in [-0.2, 0) is 4.79 Å². The van der Waals surface area contributed by atoms with Gasteiger partial charge in [0.2, 0.25) is 0 Å². The number of aliphatic carboxylic acids is 1. The maximum Gasteiger partial charge on any atom is 0.384 e. The van der Waals surface area contributed by atoms with E-state index in [2.05, 4.69) is 0 Å². The van der Waals surface area contributed by atoms with Gasteiger partial charge < -0.3 is 5.11 Å². The first kappa shape index (κ1) is 12.0. The molecule has 1 aromatic carbocycles. The Morgan fingerprint density at radius 1 is 1.31 bits per heavy atom. The summed E-state index contributed by atoms with van der Waals surface area (Å²) in [6.07, 6.45) is 0. The lowest BCUT2D eigenvalue weighted by molar-refractivity contribution is -0.516. The number of hydrogen-bond acceptors (Lipinski definition) is 3. The first-order valence-electron chi connectivity index (χ1n) is 3.86. The van der Waals surface area contributed by atoms with Gasteiger partial charge in [0.1, 0.15) is 0 Å². The van der Waals surface area contributed by atoms with Crippen LogP contribution in [0.5, 0.6) is 0 Å². The number of carbonyl (C=O) groups is 1. The normalized spacial score (nSPS) is 12.2. The summed E-state index contributed by atoms with van der Waals surface area (Å²) in [5, 5.41) is 18.8. The van der Waals surface area contributed by atoms with Crippen molar-refractivity contribution in [1.29, 1.82) is 0 Å². The predicted molar refractivity (Wildman–Crippen MR) is 43.7 cm³/mol. The Balaban J connectivity index is 3.37. The molecular formula is C8H4F3NO4. The van der Waals surface area contributed by atoms with Crippen LogP contribution >= 0.6 is 0 Å². The van der Waals surface area contributed by atoms with Gasteiger partial charge in [0.25, 0.3) is 0 Å². The van der Waals surface area contributed by atoms with Gasteiger partial charge in [-0.05, 0) is 12.1 Å². The van der Waals surface area contributed by atoms with Crippen LogP contribution in [0.25, 0.3) is 0 Å². The Morgan fingerprint density at radius 2 is 1.88 bits per heavy atom. The summed E-state index contributed by atoms with van der Waals surface area (Å²) in [4.78, 5) is 19.5. The summed E-state index contributed by atoms with van der Waals surface area (Å²) < 4.78 is 38.3. The fourth-order valence-corrected chi connectivity index (χ4v) is 1.09. The molecule has 86 valence electrons. The van der Waals surface area contributed by atoms with Crippen molar-refractivity contribution >= 4 is 5.97 Å². The summed E-state index contributed by atoms with van der Waals surface area (Å²) in [7, 11) is 0. The number of nitro groups is 1. The SMILES string of the molecule is O=C(O)C(c1ccc(F)c(F)c1F)[N+](=O)[O-]. The van der Waals surface area contributed by atoms with Gasteiger partial charge in [-0.2, -0.15) is 0 Å². The van der Waals surface area contributed by atoms with Gasteiger partial charge in [-0.3, -0.25) is 10.1 Å². The van der Waals surface area contributed by atoms with E-state index in [-0.39, 0.29) is 0 Å².